The van der Waals surface area contributed by atoms with Crippen LogP contribution in [0.2, 0.25) is 0 Å². The molecule has 0 amide bonds. The van der Waals surface area contributed by atoms with Gasteiger partial charge < -0.3 is 15.5 Å². The number of nitrogens with one attached hydrogen (secondary N) is 2. The van der Waals surface area contributed by atoms with Gasteiger partial charge in [0.15, 0.2) is 5.65 Å². The predicted molar refractivity (Wildman–Crippen MR) is 155 cm³/mol. The molecule has 6 heteroatoms. The number of aromatic nitrogens is 3. The lowest BCUT2D eigenvalue weighted by Crippen LogP contribution is -2.20. The maximum absolute atomic E-state index is 4.89. The highest BCUT2D eigenvalue weighted by atomic mass is 15.3. The molecule has 0 saturated carbocycles. The normalized spacial score (nSPS) is 10.4. The number of fused-ring (bicyclic) bond motifs is 1. The van der Waals surface area contributed by atoms with Gasteiger partial charge in [0.25, 0.3) is 0 Å². The Morgan fingerprint density at radius 3 is 2.56 bits per heavy atom. The van der Waals surface area contributed by atoms with E-state index in [0.717, 1.165) is 64.7 Å². The van der Waals surface area contributed by atoms with Gasteiger partial charge in [-0.05, 0) is 50.5 Å². The quantitative estimate of drug-likeness (QED) is 0.207. The monoisotopic (exact) mass is 482 g/mol. The van der Waals surface area contributed by atoms with Crippen molar-refractivity contribution in [3.8, 4) is 11.3 Å². The summed E-state index contributed by atoms with van der Waals surface area (Å²) in [6.07, 6.45) is 4.58. The minimum absolute atomic E-state index is 0.819. The van der Waals surface area contributed by atoms with Crippen LogP contribution in [0.4, 0.5) is 11.5 Å². The largest absolute Gasteiger partial charge is 0.388 e. The summed E-state index contributed by atoms with van der Waals surface area (Å²) in [5.41, 5.74) is 8.49. The zero-order valence-electron chi connectivity index (χ0n) is 22.2. The molecule has 0 unspecified atom stereocenters. The van der Waals surface area contributed by atoms with Gasteiger partial charge in [-0.2, -0.15) is 9.61 Å². The Morgan fingerprint density at radius 1 is 1.08 bits per heavy atom. The average molecular weight is 483 g/mol. The van der Waals surface area contributed by atoms with E-state index in [1.165, 1.54) is 5.56 Å². The lowest BCUT2D eigenvalue weighted by molar-refractivity contribution is 0.473. The third-order valence-electron chi connectivity index (χ3n) is 5.99. The molecular weight excluding hydrogens is 444 g/mol. The molecule has 2 aromatic heterocycles. The maximum atomic E-state index is 4.89. The van der Waals surface area contributed by atoms with Crippen molar-refractivity contribution in [2.24, 2.45) is 0 Å². The summed E-state index contributed by atoms with van der Waals surface area (Å²) in [7, 11) is 4.02. The summed E-state index contributed by atoms with van der Waals surface area (Å²) in [6.45, 7) is 15.4. The number of rotatable bonds is 9. The van der Waals surface area contributed by atoms with Crippen LogP contribution in [0.1, 0.15) is 30.0 Å². The van der Waals surface area contributed by atoms with Crippen molar-refractivity contribution in [3.63, 3.8) is 0 Å². The highest BCUT2D eigenvalue weighted by molar-refractivity contribution is 5.70. The van der Waals surface area contributed by atoms with E-state index in [1.54, 1.807) is 6.08 Å². The number of nitrogens with zero attached hydrogens (tertiary/aromatic N) is 4. The SMILES string of the molecule is C=C(c1cccc(NC)c1)N(C)CCCNc1cc(-c2ccccc2C)nc2c(C)cnn12.C=CC. The van der Waals surface area contributed by atoms with Crippen molar-refractivity contribution in [1.29, 1.82) is 0 Å². The van der Waals surface area contributed by atoms with E-state index in [0.29, 0.717) is 0 Å². The van der Waals surface area contributed by atoms with E-state index >= 15 is 0 Å². The first-order valence-electron chi connectivity index (χ1n) is 12.3. The van der Waals surface area contributed by atoms with Crippen LogP contribution >= 0.6 is 0 Å². The number of anilines is 2. The minimum Gasteiger partial charge on any atom is -0.388 e. The van der Waals surface area contributed by atoms with Crippen LogP contribution in [0, 0.1) is 13.8 Å². The lowest BCUT2D eigenvalue weighted by atomic mass is 10.1. The molecule has 2 heterocycles. The topological polar surface area (TPSA) is 57.5 Å². The third-order valence-corrected chi connectivity index (χ3v) is 5.99. The molecule has 36 heavy (non-hydrogen) atoms. The Balaban J connectivity index is 0.00000115. The Labute approximate surface area is 215 Å². The first kappa shape index (κ1) is 26.5. The van der Waals surface area contributed by atoms with Gasteiger partial charge in [-0.1, -0.05) is 49.1 Å². The molecular formula is C30H38N6. The Morgan fingerprint density at radius 2 is 1.83 bits per heavy atom. The van der Waals surface area contributed by atoms with Gasteiger partial charge in [0.2, 0.25) is 0 Å². The van der Waals surface area contributed by atoms with Gasteiger partial charge >= 0.3 is 0 Å². The van der Waals surface area contributed by atoms with Gasteiger partial charge in [0.1, 0.15) is 5.82 Å². The lowest BCUT2D eigenvalue weighted by Gasteiger charge is -2.22. The van der Waals surface area contributed by atoms with E-state index in [1.807, 2.05) is 31.6 Å². The summed E-state index contributed by atoms with van der Waals surface area (Å²) in [4.78, 5) is 7.09. The van der Waals surface area contributed by atoms with Crippen LogP contribution in [0.3, 0.4) is 0 Å². The number of allylic oxidation sites excluding steroid dienone is 1. The van der Waals surface area contributed by atoms with E-state index in [4.69, 9.17) is 4.98 Å². The van der Waals surface area contributed by atoms with Crippen molar-refractivity contribution < 1.29 is 0 Å². The second-order valence-electron chi connectivity index (χ2n) is 8.79. The zero-order chi connectivity index (χ0) is 26.1. The van der Waals surface area contributed by atoms with Crippen molar-refractivity contribution in [3.05, 3.63) is 96.7 Å². The van der Waals surface area contributed by atoms with Crippen molar-refractivity contribution in [1.82, 2.24) is 19.5 Å². The predicted octanol–water partition coefficient (Wildman–Crippen LogP) is 6.65. The molecule has 0 radical (unpaired) electrons. The van der Waals surface area contributed by atoms with Crippen LogP contribution in [-0.4, -0.2) is 46.7 Å². The van der Waals surface area contributed by atoms with E-state index < -0.39 is 0 Å². The number of benzene rings is 2. The molecule has 4 rings (SSSR count). The fourth-order valence-electron chi connectivity index (χ4n) is 3.94. The molecule has 0 aliphatic carbocycles. The number of hydrogen-bond acceptors (Lipinski definition) is 5. The summed E-state index contributed by atoms with van der Waals surface area (Å²) in [5, 5.41) is 11.3. The maximum Gasteiger partial charge on any atom is 0.160 e. The standard InChI is InChI=1S/C27H32N6.C3H6/c1-19-10-6-7-13-24(19)25-17-26(33-27(31-25)20(2)18-30-33)29-14-9-15-32(5)21(3)22-11-8-12-23(16-22)28-4;1-3-2/h6-8,10-13,16-18,28-29H,3,9,14-15H2,1-2,4-5H3;3H,1H2,2H3. The molecule has 0 aliphatic rings. The second kappa shape index (κ2) is 12.6. The average Bonchev–Trinajstić information content (AvgIpc) is 3.27. The highest BCUT2D eigenvalue weighted by Gasteiger charge is 2.12. The highest BCUT2D eigenvalue weighted by Crippen LogP contribution is 2.26. The molecule has 4 aromatic rings. The molecule has 6 nitrogen and oxygen atoms in total. The molecule has 0 fully saturated rings. The molecule has 0 bridgehead atoms. The molecule has 2 aromatic carbocycles. The molecule has 0 atom stereocenters. The summed E-state index contributed by atoms with van der Waals surface area (Å²) in [5.74, 6) is 0.953. The Hall–Kier alpha value is -4.06. The number of aryl methyl sites for hydroxylation is 2. The molecule has 0 aliphatic heterocycles. The van der Waals surface area contributed by atoms with Crippen LogP contribution in [-0.2, 0) is 0 Å². The second-order valence-corrected chi connectivity index (χ2v) is 8.79. The molecule has 0 spiro atoms. The summed E-state index contributed by atoms with van der Waals surface area (Å²) < 4.78 is 1.89. The van der Waals surface area contributed by atoms with Gasteiger partial charge in [0, 0.05) is 55.8 Å². The fourth-order valence-corrected chi connectivity index (χ4v) is 3.94. The van der Waals surface area contributed by atoms with Crippen LogP contribution in [0.15, 0.2) is 80.0 Å². The Kier molecular flexibility index (Phi) is 9.28. The summed E-state index contributed by atoms with van der Waals surface area (Å²) in [6, 6.07) is 18.8. The third kappa shape index (κ3) is 6.33. The van der Waals surface area contributed by atoms with Crippen molar-refractivity contribution in [2.75, 3.05) is 37.8 Å². The van der Waals surface area contributed by atoms with Gasteiger partial charge in [0.05, 0.1) is 11.9 Å². The van der Waals surface area contributed by atoms with Crippen molar-refractivity contribution in [2.45, 2.75) is 27.2 Å². The fraction of sp³-hybridized carbons (Fsp3) is 0.267. The first-order valence-corrected chi connectivity index (χ1v) is 12.3. The molecule has 188 valence electrons. The Bertz CT molecular complexity index is 1320. The van der Waals surface area contributed by atoms with E-state index in [2.05, 4.69) is 102 Å². The first-order chi connectivity index (χ1) is 17.4. The van der Waals surface area contributed by atoms with Gasteiger partial charge in [-0.15, -0.1) is 6.58 Å². The van der Waals surface area contributed by atoms with Crippen LogP contribution in [0.25, 0.3) is 22.6 Å². The van der Waals surface area contributed by atoms with Crippen molar-refractivity contribution >= 4 is 22.8 Å². The van der Waals surface area contributed by atoms with E-state index in [-0.39, 0.29) is 0 Å². The van der Waals surface area contributed by atoms with Crippen LogP contribution < -0.4 is 10.6 Å². The molecule has 0 saturated heterocycles. The van der Waals surface area contributed by atoms with E-state index in [9.17, 15) is 0 Å². The van der Waals surface area contributed by atoms with Gasteiger partial charge in [-0.3, -0.25) is 0 Å². The number of hydrogen-bond donors (Lipinski definition) is 2. The van der Waals surface area contributed by atoms with Crippen LogP contribution in [0.5, 0.6) is 0 Å². The summed E-state index contributed by atoms with van der Waals surface area (Å²) >= 11 is 0. The minimum atomic E-state index is 0.819. The molecule has 2 N–H and O–H groups in total. The zero-order valence-corrected chi connectivity index (χ0v) is 22.2. The smallest absolute Gasteiger partial charge is 0.160 e. The van der Waals surface area contributed by atoms with Gasteiger partial charge in [-0.25, -0.2) is 4.98 Å².